The van der Waals surface area contributed by atoms with Gasteiger partial charge in [0, 0.05) is 56.0 Å². The monoisotopic (exact) mass is 478 g/mol. The van der Waals surface area contributed by atoms with Crippen LogP contribution in [0.3, 0.4) is 0 Å². The number of hydrogen-bond donors (Lipinski definition) is 2. The zero-order valence-corrected chi connectivity index (χ0v) is 21.2. The molecule has 9 nitrogen and oxygen atoms in total. The van der Waals surface area contributed by atoms with Gasteiger partial charge in [0.05, 0.1) is 24.0 Å². The van der Waals surface area contributed by atoms with Gasteiger partial charge in [-0.1, -0.05) is 19.6 Å². The summed E-state index contributed by atoms with van der Waals surface area (Å²) in [5, 5.41) is 10.8. The lowest BCUT2D eigenvalue weighted by molar-refractivity contribution is 0.0808. The lowest BCUT2D eigenvalue weighted by Crippen LogP contribution is -2.23. The zero-order valence-electron chi connectivity index (χ0n) is 20.2. The number of nitrogens with one attached hydrogen (secondary N) is 2. The SMILES string of the molecule is COc1cc2n[nH]cc2cc1NC(=O)c1nc(-c2ccnc(C)c2)cn1COCC[Si](C)(C)C. The molecule has 0 radical (unpaired) electrons. The Kier molecular flexibility index (Phi) is 6.80. The Morgan fingerprint density at radius 2 is 2.06 bits per heavy atom. The number of benzene rings is 1. The van der Waals surface area contributed by atoms with Crippen LogP contribution in [0.25, 0.3) is 22.2 Å². The minimum absolute atomic E-state index is 0.238. The number of rotatable bonds is 9. The number of fused-ring (bicyclic) bond motifs is 1. The third-order valence-corrected chi connectivity index (χ3v) is 7.10. The minimum atomic E-state index is -1.22. The first-order valence-electron chi connectivity index (χ1n) is 11.1. The standard InChI is InChI=1S/C24H30N6O3Si/c1-16-10-17(6-7-25-16)21-14-30(15-33-8-9-34(3,4)5)23(27-21)24(31)28-20-11-18-13-26-29-19(18)12-22(20)32-2/h6-7,10-14H,8-9,15H2,1-5H3,(H,26,29)(H,28,31). The third-order valence-electron chi connectivity index (χ3n) is 5.40. The van der Waals surface area contributed by atoms with Gasteiger partial charge in [-0.2, -0.15) is 5.10 Å². The summed E-state index contributed by atoms with van der Waals surface area (Å²) < 4.78 is 13.1. The highest BCUT2D eigenvalue weighted by Crippen LogP contribution is 2.30. The number of nitrogens with zero attached hydrogens (tertiary/aromatic N) is 4. The molecule has 0 saturated carbocycles. The van der Waals surface area contributed by atoms with Crippen molar-refractivity contribution >= 4 is 30.6 Å². The van der Waals surface area contributed by atoms with E-state index in [1.165, 1.54) is 0 Å². The summed E-state index contributed by atoms with van der Waals surface area (Å²) in [6.07, 6.45) is 5.34. The predicted molar refractivity (Wildman–Crippen MR) is 135 cm³/mol. The van der Waals surface area contributed by atoms with Gasteiger partial charge in [-0.05, 0) is 31.2 Å². The minimum Gasteiger partial charge on any atom is -0.494 e. The lowest BCUT2D eigenvalue weighted by atomic mass is 10.2. The normalized spacial score (nSPS) is 11.7. The summed E-state index contributed by atoms with van der Waals surface area (Å²) >= 11 is 0. The fourth-order valence-electron chi connectivity index (χ4n) is 3.50. The molecule has 4 aromatic rings. The Labute approximate surface area is 199 Å². The first kappa shape index (κ1) is 23.6. The van der Waals surface area contributed by atoms with Crippen molar-refractivity contribution in [2.24, 2.45) is 0 Å². The van der Waals surface area contributed by atoms with E-state index in [1.54, 1.807) is 30.1 Å². The smallest absolute Gasteiger partial charge is 0.291 e. The molecule has 1 aromatic carbocycles. The highest BCUT2D eigenvalue weighted by molar-refractivity contribution is 6.76. The largest absolute Gasteiger partial charge is 0.494 e. The van der Waals surface area contributed by atoms with Gasteiger partial charge in [0.25, 0.3) is 5.91 Å². The number of aromatic nitrogens is 5. The second-order valence-corrected chi connectivity index (χ2v) is 15.0. The number of carbonyl (C=O) groups excluding carboxylic acids is 1. The number of methoxy groups -OCH3 is 1. The summed E-state index contributed by atoms with van der Waals surface area (Å²) in [5.74, 6) is 0.418. The van der Waals surface area contributed by atoms with Crippen molar-refractivity contribution < 1.29 is 14.3 Å². The van der Waals surface area contributed by atoms with Crippen LogP contribution in [0, 0.1) is 6.92 Å². The van der Waals surface area contributed by atoms with E-state index in [0.29, 0.717) is 23.7 Å². The van der Waals surface area contributed by atoms with Crippen molar-refractivity contribution in [3.8, 4) is 17.0 Å². The van der Waals surface area contributed by atoms with E-state index in [0.717, 1.165) is 28.2 Å². The summed E-state index contributed by atoms with van der Waals surface area (Å²) in [7, 11) is 0.336. The van der Waals surface area contributed by atoms with Gasteiger partial charge < -0.3 is 19.4 Å². The molecule has 4 rings (SSSR count). The van der Waals surface area contributed by atoms with Crippen molar-refractivity contribution in [2.75, 3.05) is 19.0 Å². The van der Waals surface area contributed by atoms with E-state index in [-0.39, 0.29) is 18.5 Å². The summed E-state index contributed by atoms with van der Waals surface area (Å²) in [6.45, 7) is 9.72. The molecule has 0 spiro atoms. The molecular weight excluding hydrogens is 448 g/mol. The molecule has 0 aliphatic heterocycles. The highest BCUT2D eigenvalue weighted by atomic mass is 28.3. The quantitative estimate of drug-likeness (QED) is 0.267. The number of carbonyl (C=O) groups is 1. The second-order valence-electron chi connectivity index (χ2n) is 9.40. The first-order chi connectivity index (χ1) is 16.2. The van der Waals surface area contributed by atoms with E-state index in [2.05, 4.69) is 45.1 Å². The van der Waals surface area contributed by atoms with E-state index in [9.17, 15) is 4.79 Å². The van der Waals surface area contributed by atoms with Crippen molar-refractivity contribution in [1.82, 2.24) is 24.7 Å². The van der Waals surface area contributed by atoms with Gasteiger partial charge >= 0.3 is 0 Å². The van der Waals surface area contributed by atoms with Crippen LogP contribution < -0.4 is 10.1 Å². The van der Waals surface area contributed by atoms with Gasteiger partial charge in [-0.15, -0.1) is 0 Å². The van der Waals surface area contributed by atoms with Gasteiger partial charge in [0.1, 0.15) is 12.5 Å². The number of aromatic amines is 1. The Morgan fingerprint density at radius 1 is 1.24 bits per heavy atom. The molecule has 3 heterocycles. The number of anilines is 1. The molecule has 34 heavy (non-hydrogen) atoms. The molecule has 2 N–H and O–H groups in total. The van der Waals surface area contributed by atoms with E-state index in [1.807, 2.05) is 31.3 Å². The van der Waals surface area contributed by atoms with Gasteiger partial charge in [-0.3, -0.25) is 14.9 Å². The third kappa shape index (κ3) is 5.52. The number of hydrogen-bond acceptors (Lipinski definition) is 6. The highest BCUT2D eigenvalue weighted by Gasteiger charge is 2.20. The van der Waals surface area contributed by atoms with Crippen LogP contribution in [0.15, 0.2) is 42.9 Å². The molecule has 1 amide bonds. The molecular formula is C24H30N6O3Si. The van der Waals surface area contributed by atoms with Crippen molar-refractivity contribution in [2.45, 2.75) is 39.3 Å². The van der Waals surface area contributed by atoms with Crippen LogP contribution in [0.5, 0.6) is 5.75 Å². The molecule has 0 bridgehead atoms. The maximum Gasteiger partial charge on any atom is 0.291 e. The number of ether oxygens (including phenoxy) is 2. The molecule has 0 saturated heterocycles. The summed E-state index contributed by atoms with van der Waals surface area (Å²) in [6, 6.07) is 8.46. The molecule has 0 fully saturated rings. The Hall–Kier alpha value is -3.50. The molecule has 0 aliphatic rings. The molecule has 178 valence electrons. The van der Waals surface area contributed by atoms with Gasteiger partial charge in [0.2, 0.25) is 5.82 Å². The predicted octanol–water partition coefficient (Wildman–Crippen LogP) is 4.70. The van der Waals surface area contributed by atoms with Crippen LogP contribution in [0.1, 0.15) is 16.3 Å². The number of amides is 1. The number of imidazole rings is 1. The molecule has 0 unspecified atom stereocenters. The molecule has 3 aromatic heterocycles. The maximum absolute atomic E-state index is 13.3. The van der Waals surface area contributed by atoms with E-state index < -0.39 is 8.07 Å². The second kappa shape index (κ2) is 9.78. The van der Waals surface area contributed by atoms with Crippen LogP contribution >= 0.6 is 0 Å². The van der Waals surface area contributed by atoms with Gasteiger partial charge in [0.15, 0.2) is 0 Å². The zero-order chi connectivity index (χ0) is 24.3. The van der Waals surface area contributed by atoms with E-state index in [4.69, 9.17) is 9.47 Å². The number of aryl methyl sites for hydroxylation is 1. The Bertz CT molecular complexity index is 1310. The number of pyridine rings is 1. The van der Waals surface area contributed by atoms with Crippen molar-refractivity contribution in [3.63, 3.8) is 0 Å². The van der Waals surface area contributed by atoms with Crippen LogP contribution in [-0.4, -0.2) is 52.4 Å². The van der Waals surface area contributed by atoms with Crippen molar-refractivity contribution in [1.29, 1.82) is 0 Å². The van der Waals surface area contributed by atoms with Crippen LogP contribution in [0.2, 0.25) is 25.7 Å². The van der Waals surface area contributed by atoms with Gasteiger partial charge in [-0.25, -0.2) is 4.98 Å². The molecule has 0 atom stereocenters. The molecule has 10 heteroatoms. The van der Waals surface area contributed by atoms with Crippen LogP contribution in [0.4, 0.5) is 5.69 Å². The van der Waals surface area contributed by atoms with Crippen LogP contribution in [-0.2, 0) is 11.5 Å². The molecule has 0 aliphatic carbocycles. The average molecular weight is 479 g/mol. The summed E-state index contributed by atoms with van der Waals surface area (Å²) in [4.78, 5) is 22.2. The topological polar surface area (TPSA) is 107 Å². The summed E-state index contributed by atoms with van der Waals surface area (Å²) in [5.41, 5.74) is 3.74. The van der Waals surface area contributed by atoms with Crippen molar-refractivity contribution in [3.05, 3.63) is 54.4 Å². The fourth-order valence-corrected chi connectivity index (χ4v) is 4.25. The average Bonchev–Trinajstić information content (AvgIpc) is 3.42. The van der Waals surface area contributed by atoms with E-state index >= 15 is 0 Å². The lowest BCUT2D eigenvalue weighted by Gasteiger charge is -2.16. The Balaban J connectivity index is 1.62. The number of H-pyrrole nitrogens is 1. The fraction of sp³-hybridized carbons (Fsp3) is 0.333. The first-order valence-corrected chi connectivity index (χ1v) is 14.8. The maximum atomic E-state index is 13.3. The Morgan fingerprint density at radius 3 is 2.79 bits per heavy atom.